The minimum atomic E-state index is -1.05. The molecule has 3 N–H and O–H groups in total. The van der Waals surface area contributed by atoms with Gasteiger partial charge in [-0.25, -0.2) is 4.79 Å². The standard InChI is InChI=1S/C25H33N3O3/c1-24(2,27-23(30)31-19-20-9-5-3-6-10-20)22(29)28-17-14-25(13-16-26,15-18-28)21-11-7-4-8-12-21/h3-12H,13-19,26H2,1-2H3,(H,27,30). The monoisotopic (exact) mass is 423 g/mol. The number of hydrogen-bond donors (Lipinski definition) is 2. The molecule has 166 valence electrons. The van der Waals surface area contributed by atoms with Gasteiger partial charge in [0.15, 0.2) is 0 Å². The fourth-order valence-corrected chi connectivity index (χ4v) is 4.35. The largest absolute Gasteiger partial charge is 0.445 e. The van der Waals surface area contributed by atoms with Gasteiger partial charge in [-0.1, -0.05) is 60.7 Å². The maximum absolute atomic E-state index is 13.2. The number of hydrogen-bond acceptors (Lipinski definition) is 4. The fraction of sp³-hybridized carbons (Fsp3) is 0.440. The van der Waals surface area contributed by atoms with Crippen LogP contribution in [0.2, 0.25) is 0 Å². The number of ether oxygens (including phenoxy) is 1. The number of likely N-dealkylation sites (tertiary alicyclic amines) is 1. The van der Waals surface area contributed by atoms with E-state index in [4.69, 9.17) is 10.5 Å². The van der Waals surface area contributed by atoms with Crippen LogP contribution in [-0.2, 0) is 21.6 Å². The molecular weight excluding hydrogens is 390 g/mol. The van der Waals surface area contributed by atoms with E-state index in [1.165, 1.54) is 5.56 Å². The summed E-state index contributed by atoms with van der Waals surface area (Å²) in [7, 11) is 0. The molecule has 1 aliphatic rings. The predicted octanol–water partition coefficient (Wildman–Crippen LogP) is 3.60. The second-order valence-electron chi connectivity index (χ2n) is 8.79. The maximum atomic E-state index is 13.2. The van der Waals surface area contributed by atoms with Crippen molar-refractivity contribution < 1.29 is 14.3 Å². The molecule has 3 rings (SSSR count). The van der Waals surface area contributed by atoms with Gasteiger partial charge in [0, 0.05) is 13.1 Å². The summed E-state index contributed by atoms with van der Waals surface area (Å²) in [5.74, 6) is -0.0985. The van der Waals surface area contributed by atoms with Crippen LogP contribution < -0.4 is 11.1 Å². The Morgan fingerprint density at radius 3 is 2.19 bits per heavy atom. The minimum absolute atomic E-state index is 0.00102. The third kappa shape index (κ3) is 5.64. The summed E-state index contributed by atoms with van der Waals surface area (Å²) in [6.07, 6.45) is 2.01. The number of carbonyl (C=O) groups excluding carboxylic acids is 2. The summed E-state index contributed by atoms with van der Waals surface area (Å²) in [5.41, 5.74) is 7.07. The molecule has 0 unspecified atom stereocenters. The molecule has 31 heavy (non-hydrogen) atoms. The van der Waals surface area contributed by atoms with Crippen LogP contribution in [0.4, 0.5) is 4.79 Å². The number of nitrogens with one attached hydrogen (secondary N) is 1. The van der Waals surface area contributed by atoms with E-state index in [0.717, 1.165) is 24.8 Å². The van der Waals surface area contributed by atoms with Crippen molar-refractivity contribution in [2.24, 2.45) is 5.73 Å². The molecule has 0 spiro atoms. The van der Waals surface area contributed by atoms with Crippen LogP contribution >= 0.6 is 0 Å². The molecule has 0 aliphatic carbocycles. The number of alkyl carbamates (subject to hydrolysis) is 1. The lowest BCUT2D eigenvalue weighted by Gasteiger charge is -2.44. The Bertz CT molecular complexity index is 860. The van der Waals surface area contributed by atoms with Crippen molar-refractivity contribution in [3.63, 3.8) is 0 Å². The molecule has 0 saturated carbocycles. The first-order valence-corrected chi connectivity index (χ1v) is 10.9. The van der Waals surface area contributed by atoms with E-state index in [9.17, 15) is 9.59 Å². The molecular formula is C25H33N3O3. The van der Waals surface area contributed by atoms with E-state index in [0.29, 0.717) is 19.6 Å². The molecule has 1 heterocycles. The van der Waals surface area contributed by atoms with Gasteiger partial charge in [0.05, 0.1) is 0 Å². The lowest BCUT2D eigenvalue weighted by Crippen LogP contribution is -2.58. The summed E-state index contributed by atoms with van der Waals surface area (Å²) < 4.78 is 5.29. The average Bonchev–Trinajstić information content (AvgIpc) is 2.79. The van der Waals surface area contributed by atoms with Gasteiger partial charge in [-0.15, -0.1) is 0 Å². The summed E-state index contributed by atoms with van der Waals surface area (Å²) >= 11 is 0. The lowest BCUT2D eigenvalue weighted by molar-refractivity contribution is -0.138. The van der Waals surface area contributed by atoms with E-state index in [1.807, 2.05) is 41.3 Å². The van der Waals surface area contributed by atoms with Crippen molar-refractivity contribution >= 4 is 12.0 Å². The molecule has 2 amide bonds. The molecule has 1 saturated heterocycles. The van der Waals surface area contributed by atoms with Crippen LogP contribution in [0.15, 0.2) is 60.7 Å². The molecule has 0 bridgehead atoms. The third-order valence-corrected chi connectivity index (χ3v) is 6.18. The molecule has 0 atom stereocenters. The van der Waals surface area contributed by atoms with Gasteiger partial charge in [0.2, 0.25) is 5.91 Å². The van der Waals surface area contributed by atoms with Crippen LogP contribution in [0.25, 0.3) is 0 Å². The van der Waals surface area contributed by atoms with Gasteiger partial charge in [-0.3, -0.25) is 4.79 Å². The Morgan fingerprint density at radius 1 is 1.03 bits per heavy atom. The molecule has 2 aromatic carbocycles. The number of piperidine rings is 1. The summed E-state index contributed by atoms with van der Waals surface area (Å²) in [6.45, 7) is 5.49. The normalized spacial score (nSPS) is 15.9. The number of nitrogens with zero attached hydrogens (tertiary/aromatic N) is 1. The first kappa shape index (κ1) is 22.8. The van der Waals surface area contributed by atoms with Crippen molar-refractivity contribution in [1.29, 1.82) is 0 Å². The van der Waals surface area contributed by atoms with Gasteiger partial charge >= 0.3 is 6.09 Å². The molecule has 1 aliphatic heterocycles. The third-order valence-electron chi connectivity index (χ3n) is 6.18. The van der Waals surface area contributed by atoms with Crippen molar-refractivity contribution in [2.45, 2.75) is 50.7 Å². The van der Waals surface area contributed by atoms with Crippen LogP contribution in [0.3, 0.4) is 0 Å². The Morgan fingerprint density at radius 2 is 1.61 bits per heavy atom. The summed E-state index contributed by atoms with van der Waals surface area (Å²) in [5, 5.41) is 2.73. The van der Waals surface area contributed by atoms with Gasteiger partial charge in [0.25, 0.3) is 0 Å². The Hall–Kier alpha value is -2.86. The van der Waals surface area contributed by atoms with Gasteiger partial charge in [0.1, 0.15) is 12.1 Å². The predicted molar refractivity (Wildman–Crippen MR) is 121 cm³/mol. The average molecular weight is 424 g/mol. The molecule has 6 nitrogen and oxygen atoms in total. The number of carbonyl (C=O) groups is 2. The molecule has 1 fully saturated rings. The van der Waals surface area contributed by atoms with Crippen LogP contribution in [-0.4, -0.2) is 42.1 Å². The Balaban J connectivity index is 1.57. The van der Waals surface area contributed by atoms with Crippen LogP contribution in [0, 0.1) is 0 Å². The highest BCUT2D eigenvalue weighted by atomic mass is 16.5. The quantitative estimate of drug-likeness (QED) is 0.713. The summed E-state index contributed by atoms with van der Waals surface area (Å²) in [6, 6.07) is 19.9. The highest BCUT2D eigenvalue weighted by molar-refractivity contribution is 5.89. The zero-order valence-electron chi connectivity index (χ0n) is 18.5. The SMILES string of the molecule is CC(C)(NC(=O)OCc1ccccc1)C(=O)N1CCC(CCN)(c2ccccc2)CC1. The van der Waals surface area contributed by atoms with Crippen molar-refractivity contribution in [3.8, 4) is 0 Å². The molecule has 2 aromatic rings. The second-order valence-corrected chi connectivity index (χ2v) is 8.79. The van der Waals surface area contributed by atoms with Gasteiger partial charge < -0.3 is 20.7 Å². The van der Waals surface area contributed by atoms with Crippen LogP contribution in [0.5, 0.6) is 0 Å². The van der Waals surface area contributed by atoms with Crippen molar-refractivity contribution in [2.75, 3.05) is 19.6 Å². The second kappa shape index (κ2) is 9.96. The highest BCUT2D eigenvalue weighted by Gasteiger charge is 2.40. The topological polar surface area (TPSA) is 84.7 Å². The zero-order valence-corrected chi connectivity index (χ0v) is 18.5. The fourth-order valence-electron chi connectivity index (χ4n) is 4.35. The maximum Gasteiger partial charge on any atom is 0.408 e. The summed E-state index contributed by atoms with van der Waals surface area (Å²) in [4.78, 5) is 27.3. The molecule has 0 aromatic heterocycles. The first-order valence-electron chi connectivity index (χ1n) is 10.9. The number of amides is 2. The lowest BCUT2D eigenvalue weighted by atomic mass is 9.70. The van der Waals surface area contributed by atoms with E-state index in [-0.39, 0.29) is 17.9 Å². The number of nitrogens with two attached hydrogens (primary N) is 1. The first-order chi connectivity index (χ1) is 14.9. The molecule has 0 radical (unpaired) electrons. The van der Waals surface area contributed by atoms with Gasteiger partial charge in [-0.2, -0.15) is 0 Å². The van der Waals surface area contributed by atoms with E-state index >= 15 is 0 Å². The Kier molecular flexibility index (Phi) is 7.33. The number of benzene rings is 2. The van der Waals surface area contributed by atoms with E-state index in [1.54, 1.807) is 13.8 Å². The van der Waals surface area contributed by atoms with Crippen molar-refractivity contribution in [3.05, 3.63) is 71.8 Å². The minimum Gasteiger partial charge on any atom is -0.445 e. The molecule has 6 heteroatoms. The highest BCUT2D eigenvalue weighted by Crippen LogP contribution is 2.38. The Labute approximate surface area is 184 Å². The van der Waals surface area contributed by atoms with Crippen molar-refractivity contribution in [1.82, 2.24) is 10.2 Å². The van der Waals surface area contributed by atoms with E-state index < -0.39 is 11.6 Å². The van der Waals surface area contributed by atoms with Gasteiger partial charge in [-0.05, 0) is 56.2 Å². The van der Waals surface area contributed by atoms with E-state index in [2.05, 4.69) is 29.6 Å². The zero-order chi connectivity index (χ0) is 22.3. The van der Waals surface area contributed by atoms with Crippen LogP contribution in [0.1, 0.15) is 44.2 Å². The smallest absolute Gasteiger partial charge is 0.408 e. The number of rotatable bonds is 7.